The van der Waals surface area contributed by atoms with Crippen LogP contribution in [0.25, 0.3) is 0 Å². The molecule has 0 saturated heterocycles. The average molecular weight is 561 g/mol. The Balaban J connectivity index is 0.000000550. The van der Waals surface area contributed by atoms with E-state index in [1.807, 2.05) is 0 Å². The number of hydrogen-bond acceptors (Lipinski definition) is 0. The van der Waals surface area contributed by atoms with Gasteiger partial charge in [-0.15, -0.1) is 0 Å². The molecule has 10 unspecified atom stereocenters. The summed E-state index contributed by atoms with van der Waals surface area (Å²) in [6, 6.07) is 0. The Morgan fingerprint density at radius 2 is 0.812 bits per heavy atom. The second kappa shape index (κ2) is 13.1. The van der Waals surface area contributed by atoms with Crippen LogP contribution in [0.5, 0.6) is 0 Å². The van der Waals surface area contributed by atoms with Crippen molar-refractivity contribution in [3.05, 3.63) is 14.9 Å². The first-order valence-corrected chi connectivity index (χ1v) is 20.1. The molecular weight excluding hydrogens is 510 g/mol. The molecule has 0 amide bonds. The van der Waals surface area contributed by atoms with Crippen LogP contribution in [0.4, 0.5) is 0 Å². The van der Waals surface area contributed by atoms with Crippen molar-refractivity contribution in [3.63, 3.8) is 0 Å². The van der Waals surface area contributed by atoms with Crippen LogP contribution < -0.4 is 0 Å². The molecule has 0 bridgehead atoms. The van der Waals surface area contributed by atoms with Crippen LogP contribution >= 0.6 is 17.0 Å². The van der Waals surface area contributed by atoms with Gasteiger partial charge in [0.15, 0.2) is 0 Å². The van der Waals surface area contributed by atoms with Crippen molar-refractivity contribution in [1.82, 2.24) is 0 Å². The zero-order valence-corrected chi connectivity index (χ0v) is 25.0. The van der Waals surface area contributed by atoms with Crippen LogP contribution in [-0.4, -0.2) is 0 Å². The summed E-state index contributed by atoms with van der Waals surface area (Å²) >= 11 is -0.826. The molecule has 0 heterocycles. The Morgan fingerprint density at radius 3 is 1.19 bits per heavy atom. The summed E-state index contributed by atoms with van der Waals surface area (Å²) in [6.07, 6.45) is 27.3. The van der Waals surface area contributed by atoms with E-state index in [1.54, 1.807) is 109 Å². The van der Waals surface area contributed by atoms with Gasteiger partial charge in [0, 0.05) is 0 Å². The molecular formula is C29H50Cl2Zr. The third kappa shape index (κ3) is 6.05. The molecule has 0 aromatic carbocycles. The zero-order valence-electron chi connectivity index (χ0n) is 21.1. The molecule has 6 saturated carbocycles. The predicted octanol–water partition coefficient (Wildman–Crippen LogP) is 10.1. The fourth-order valence-electron chi connectivity index (χ4n) is 10.1. The van der Waals surface area contributed by atoms with Gasteiger partial charge in [0.25, 0.3) is 0 Å². The summed E-state index contributed by atoms with van der Waals surface area (Å²) in [5.74, 6) is 11.5. The van der Waals surface area contributed by atoms with E-state index in [0.717, 1.165) is 59.2 Å². The number of rotatable bonds is 2. The summed E-state index contributed by atoms with van der Waals surface area (Å²) in [7, 11) is 9.87. The molecule has 6 aliphatic carbocycles. The standard InChI is InChI=1S/C27H44.2CH3.2ClH.Zr/c1-3-7-20-16-26-22(13-18(20)5-1)9-11-24(26)15-25-12-10-23-14-19-6-2-4-8-21(19)17-27(23)25;;;;;/h18-27H,1-17H2;2*1H3;2*1H;/q;2*-1;;;+4/p-2. The molecule has 0 nitrogen and oxygen atoms in total. The Kier molecular flexibility index (Phi) is 11.5. The topological polar surface area (TPSA) is 0 Å². The molecule has 6 fully saturated rings. The molecule has 3 heteroatoms. The van der Waals surface area contributed by atoms with E-state index in [1.165, 1.54) is 0 Å². The molecule has 0 radical (unpaired) electrons. The Bertz CT molecular complexity index is 507. The maximum atomic E-state index is 4.93. The average Bonchev–Trinajstić information content (AvgIpc) is 3.35. The van der Waals surface area contributed by atoms with Crippen LogP contribution in [0.2, 0.25) is 0 Å². The van der Waals surface area contributed by atoms with E-state index < -0.39 is 20.8 Å². The molecule has 6 aliphatic rings. The van der Waals surface area contributed by atoms with Gasteiger partial charge in [0.05, 0.1) is 0 Å². The van der Waals surface area contributed by atoms with Crippen LogP contribution in [0, 0.1) is 74.0 Å². The van der Waals surface area contributed by atoms with E-state index in [-0.39, 0.29) is 14.9 Å². The first-order chi connectivity index (χ1) is 14.8. The van der Waals surface area contributed by atoms with E-state index in [0.29, 0.717) is 0 Å². The van der Waals surface area contributed by atoms with Gasteiger partial charge in [-0.3, -0.25) is 0 Å². The summed E-state index contributed by atoms with van der Waals surface area (Å²) in [6.45, 7) is 0. The van der Waals surface area contributed by atoms with Crippen molar-refractivity contribution in [2.75, 3.05) is 0 Å². The molecule has 6 rings (SSSR count). The van der Waals surface area contributed by atoms with E-state index in [2.05, 4.69) is 0 Å². The van der Waals surface area contributed by atoms with Crippen molar-refractivity contribution < 1.29 is 20.8 Å². The molecule has 10 atom stereocenters. The Hall–Kier alpha value is 1.46. The fraction of sp³-hybridized carbons (Fsp3) is 0.931. The first-order valence-electron chi connectivity index (χ1n) is 13.7. The van der Waals surface area contributed by atoms with Gasteiger partial charge in [0.1, 0.15) is 0 Å². The van der Waals surface area contributed by atoms with Gasteiger partial charge >= 0.3 is 37.9 Å². The second-order valence-electron chi connectivity index (χ2n) is 12.4. The molecule has 0 aromatic rings. The first kappa shape index (κ1) is 28.0. The summed E-state index contributed by atoms with van der Waals surface area (Å²) in [5, 5.41) is 0. The van der Waals surface area contributed by atoms with Crippen molar-refractivity contribution >= 4 is 17.0 Å². The number of fused-ring (bicyclic) bond motifs is 4. The van der Waals surface area contributed by atoms with Crippen molar-refractivity contribution in [2.45, 2.75) is 109 Å². The van der Waals surface area contributed by atoms with Gasteiger partial charge in [-0.25, -0.2) is 0 Å². The molecule has 0 spiro atoms. The third-order valence-corrected chi connectivity index (χ3v) is 11.3. The normalized spacial score (nSPS) is 46.4. The van der Waals surface area contributed by atoms with Gasteiger partial charge in [-0.2, -0.15) is 0 Å². The SMILES string of the molecule is C1CCC2CC3C(CCC3CC3CCC4CC5CCCCC5CC43)CC2C1.[CH3-].[CH3-].[Cl][Zr+2][Cl]. The van der Waals surface area contributed by atoms with Gasteiger partial charge in [0.2, 0.25) is 0 Å². The minimum absolute atomic E-state index is 0. The zero-order chi connectivity index (χ0) is 20.5. The minimum atomic E-state index is -0.826. The Labute approximate surface area is 219 Å². The molecule has 0 aliphatic heterocycles. The molecule has 184 valence electrons. The van der Waals surface area contributed by atoms with E-state index in [9.17, 15) is 0 Å². The molecule has 32 heavy (non-hydrogen) atoms. The van der Waals surface area contributed by atoms with Gasteiger partial charge < -0.3 is 14.9 Å². The van der Waals surface area contributed by atoms with Crippen LogP contribution in [0.15, 0.2) is 0 Å². The number of hydrogen-bond donors (Lipinski definition) is 0. The van der Waals surface area contributed by atoms with Crippen molar-refractivity contribution in [1.29, 1.82) is 0 Å². The van der Waals surface area contributed by atoms with Crippen molar-refractivity contribution in [2.24, 2.45) is 59.2 Å². The maximum absolute atomic E-state index is 4.93. The monoisotopic (exact) mass is 558 g/mol. The fourth-order valence-corrected chi connectivity index (χ4v) is 10.1. The van der Waals surface area contributed by atoms with Crippen molar-refractivity contribution in [3.8, 4) is 0 Å². The van der Waals surface area contributed by atoms with Gasteiger partial charge in [-0.1, -0.05) is 51.4 Å². The second-order valence-corrected chi connectivity index (χ2v) is 16.1. The van der Waals surface area contributed by atoms with Gasteiger partial charge in [-0.05, 0) is 117 Å². The van der Waals surface area contributed by atoms with E-state index >= 15 is 0 Å². The predicted molar refractivity (Wildman–Crippen MR) is 138 cm³/mol. The van der Waals surface area contributed by atoms with Crippen LogP contribution in [-0.2, 0) is 20.8 Å². The third-order valence-electron chi connectivity index (χ3n) is 11.3. The van der Waals surface area contributed by atoms with Crippen LogP contribution in [0.1, 0.15) is 109 Å². The Morgan fingerprint density at radius 1 is 0.469 bits per heavy atom. The molecule has 0 aromatic heterocycles. The summed E-state index contributed by atoms with van der Waals surface area (Å²) in [5.41, 5.74) is 0. The number of halogens is 2. The van der Waals surface area contributed by atoms with E-state index in [4.69, 9.17) is 17.0 Å². The quantitative estimate of drug-likeness (QED) is 0.295. The summed E-state index contributed by atoms with van der Waals surface area (Å²) < 4.78 is 0. The molecule has 0 N–H and O–H groups in total. The summed E-state index contributed by atoms with van der Waals surface area (Å²) in [4.78, 5) is 0. The van der Waals surface area contributed by atoms with Crippen LogP contribution in [0.3, 0.4) is 0 Å².